The molecule has 16 heteroatoms. The minimum atomic E-state index is -3.90. The van der Waals surface area contributed by atoms with E-state index in [1.165, 1.54) is 11.0 Å². The number of ether oxygens (including phenoxy) is 4. The van der Waals surface area contributed by atoms with E-state index >= 15 is 0 Å². The first-order chi connectivity index (χ1) is 27.9. The second-order valence-electron chi connectivity index (χ2n) is 16.9. The molecule has 15 nitrogen and oxygen atoms in total. The number of carbonyl (C=O) groups is 4. The summed E-state index contributed by atoms with van der Waals surface area (Å²) >= 11 is 0. The van der Waals surface area contributed by atoms with Gasteiger partial charge in [0, 0.05) is 29.9 Å². The van der Waals surface area contributed by atoms with Crippen LogP contribution >= 0.6 is 0 Å². The van der Waals surface area contributed by atoms with Crippen molar-refractivity contribution in [2.45, 2.75) is 132 Å². The van der Waals surface area contributed by atoms with Crippen LogP contribution in [0.15, 0.2) is 30.9 Å². The molecular formula is C42H55N5O10S. The molecule has 0 spiro atoms. The molecule has 0 unspecified atom stereocenters. The summed E-state index contributed by atoms with van der Waals surface area (Å²) in [6.07, 6.45) is 9.30. The molecule has 7 atom stereocenters. The van der Waals surface area contributed by atoms with E-state index in [1.807, 2.05) is 19.1 Å². The van der Waals surface area contributed by atoms with Crippen LogP contribution in [0.5, 0.6) is 17.4 Å². The number of amides is 4. The van der Waals surface area contributed by atoms with Crippen molar-refractivity contribution >= 4 is 44.7 Å². The van der Waals surface area contributed by atoms with Crippen molar-refractivity contribution < 1.29 is 46.5 Å². The van der Waals surface area contributed by atoms with Crippen LogP contribution in [0.4, 0.5) is 4.79 Å². The molecule has 4 bridgehead atoms. The monoisotopic (exact) mass is 821 g/mol. The Morgan fingerprint density at radius 1 is 1.03 bits per heavy atom. The molecule has 1 saturated heterocycles. The van der Waals surface area contributed by atoms with E-state index in [9.17, 15) is 27.6 Å². The second kappa shape index (κ2) is 16.2. The topological polar surface area (TPSA) is 192 Å². The smallest absolute Gasteiger partial charge is 0.408 e. The quantitative estimate of drug-likeness (QED) is 0.287. The third kappa shape index (κ3) is 8.04. The fraction of sp³-hybridized carbons (Fsp3) is 0.643. The van der Waals surface area contributed by atoms with Crippen molar-refractivity contribution in [2.75, 3.05) is 20.3 Å². The molecule has 3 N–H and O–H groups in total. The number of carbonyl (C=O) groups excluding carboxylic acids is 4. The lowest BCUT2D eigenvalue weighted by atomic mass is 9.95. The van der Waals surface area contributed by atoms with Gasteiger partial charge in [-0.2, -0.15) is 0 Å². The predicted molar refractivity (Wildman–Crippen MR) is 213 cm³/mol. The maximum absolute atomic E-state index is 14.9. The van der Waals surface area contributed by atoms with E-state index in [2.05, 4.69) is 21.9 Å². The molecule has 8 rings (SSSR count). The van der Waals surface area contributed by atoms with Crippen LogP contribution in [0.1, 0.15) is 96.0 Å². The third-order valence-corrected chi connectivity index (χ3v) is 14.9. The van der Waals surface area contributed by atoms with Gasteiger partial charge >= 0.3 is 6.09 Å². The largest absolute Gasteiger partial charge is 0.496 e. The van der Waals surface area contributed by atoms with E-state index in [-0.39, 0.29) is 37.3 Å². The first-order valence-corrected chi connectivity index (χ1v) is 22.6. The summed E-state index contributed by atoms with van der Waals surface area (Å²) < 4.78 is 52.4. The van der Waals surface area contributed by atoms with Crippen molar-refractivity contribution in [3.8, 4) is 17.4 Å². The third-order valence-electron chi connectivity index (χ3n) is 13.1. The van der Waals surface area contributed by atoms with Crippen molar-refractivity contribution in [1.82, 2.24) is 25.2 Å². The second-order valence-corrected chi connectivity index (χ2v) is 18.9. The Balaban J connectivity index is 1.16. The molecule has 4 saturated carbocycles. The number of nitrogens with zero attached hydrogens (tertiary/aromatic N) is 2. The van der Waals surface area contributed by atoms with Gasteiger partial charge in [-0.25, -0.2) is 18.2 Å². The van der Waals surface area contributed by atoms with Crippen molar-refractivity contribution in [2.24, 2.45) is 17.8 Å². The predicted octanol–water partition coefficient (Wildman–Crippen LogP) is 4.45. The molecule has 58 heavy (non-hydrogen) atoms. The van der Waals surface area contributed by atoms with E-state index in [0.717, 1.165) is 68.7 Å². The fourth-order valence-electron chi connectivity index (χ4n) is 9.71. The molecule has 1 aromatic carbocycles. The Morgan fingerprint density at radius 2 is 1.79 bits per heavy atom. The van der Waals surface area contributed by atoms with Crippen molar-refractivity contribution in [1.29, 1.82) is 0 Å². The number of hydrogen-bond donors (Lipinski definition) is 3. The van der Waals surface area contributed by atoms with Gasteiger partial charge in [0.2, 0.25) is 27.7 Å². The molecule has 4 aliphatic carbocycles. The Morgan fingerprint density at radius 3 is 2.50 bits per heavy atom. The SMILES string of the molecule is C=C[C@@H]1C[C@]1(NC(=O)[C@@H]1C[C@@H]2CN1C(=O)[C@H](C1CCCC1)NC(=O)O[C@H]1CCC[C@H]1CCCc1cc3c(cc(OCC)nc3cc1OC)O2)C(=O)NS(=O)(=O)C1CC1. The maximum Gasteiger partial charge on any atom is 0.408 e. The lowest BCUT2D eigenvalue weighted by molar-refractivity contribution is -0.142. The van der Waals surface area contributed by atoms with E-state index in [4.69, 9.17) is 23.9 Å². The van der Waals surface area contributed by atoms with Gasteiger partial charge in [0.1, 0.15) is 41.3 Å². The number of aryl methyl sites for hydroxylation is 1. The molecule has 314 valence electrons. The van der Waals surface area contributed by atoms with E-state index in [1.54, 1.807) is 13.2 Å². The van der Waals surface area contributed by atoms with E-state index < -0.39 is 68.7 Å². The first kappa shape index (κ1) is 40.2. The molecule has 1 aromatic heterocycles. The molecule has 2 aliphatic heterocycles. The Hall–Kier alpha value is -4.60. The highest BCUT2D eigenvalue weighted by Gasteiger charge is 2.62. The number of benzene rings is 1. The van der Waals surface area contributed by atoms with Gasteiger partial charge in [0.05, 0.1) is 31.0 Å². The standard InChI is InChI=1S/C42H55N5O10S/c1-4-27-22-42(27,40(50)46-58(52,53)29-16-17-29)45-38(48)32-19-28-23-47(32)39(49)37(25-10-6-7-11-25)44-41(51)57-33-15-9-13-24(33)12-8-14-26-18-30-31(20-34(26)54-3)43-36(55-5-2)21-35(30)56-28/h4,18,20-21,24-25,27-29,32-33,37H,1,5-17,19,22-23H2,2-3H3,(H,44,51)(H,45,48)(H,46,50)/t24-,27-,28-,32+,33+,37+,42-/m1/s1. The average molecular weight is 822 g/mol. The summed E-state index contributed by atoms with van der Waals surface area (Å²) in [6.45, 7) is 6.04. The van der Waals surface area contributed by atoms with Crippen LogP contribution in [0.2, 0.25) is 0 Å². The van der Waals surface area contributed by atoms with Gasteiger partial charge in [-0.05, 0) is 101 Å². The average Bonchev–Trinajstić information content (AvgIpc) is 3.99. The zero-order valence-corrected chi connectivity index (χ0v) is 34.2. The molecule has 0 radical (unpaired) electrons. The summed E-state index contributed by atoms with van der Waals surface area (Å²) in [5.41, 5.74) is 0.0190. The number of methoxy groups -OCH3 is 1. The van der Waals surface area contributed by atoms with Gasteiger partial charge in [-0.1, -0.05) is 18.9 Å². The van der Waals surface area contributed by atoms with Gasteiger partial charge in [-0.3, -0.25) is 19.1 Å². The summed E-state index contributed by atoms with van der Waals surface area (Å²) in [5.74, 6) is -0.908. The lowest BCUT2D eigenvalue weighted by Gasteiger charge is -2.32. The fourth-order valence-corrected chi connectivity index (χ4v) is 11.1. The molecule has 6 aliphatic rings. The van der Waals surface area contributed by atoms with Crippen LogP contribution in [0.25, 0.3) is 10.9 Å². The summed E-state index contributed by atoms with van der Waals surface area (Å²) in [4.78, 5) is 63.0. The molecule has 2 aromatic rings. The van der Waals surface area contributed by atoms with E-state index in [0.29, 0.717) is 48.8 Å². The number of pyridine rings is 1. The summed E-state index contributed by atoms with van der Waals surface area (Å²) in [6, 6.07) is 3.54. The zero-order chi connectivity index (χ0) is 40.8. The molecule has 5 fully saturated rings. The van der Waals surface area contributed by atoms with Crippen LogP contribution in [-0.4, -0.2) is 97.5 Å². The minimum absolute atomic E-state index is 0.00148. The van der Waals surface area contributed by atoms with Crippen LogP contribution in [-0.2, 0) is 35.6 Å². The van der Waals surface area contributed by atoms with Gasteiger partial charge in [0.25, 0.3) is 5.91 Å². The molecule has 4 amide bonds. The molecular weight excluding hydrogens is 767 g/mol. The number of rotatable bonds is 10. The highest BCUT2D eigenvalue weighted by molar-refractivity contribution is 7.91. The highest BCUT2D eigenvalue weighted by Crippen LogP contribution is 2.46. The molecule has 3 heterocycles. The number of sulfonamides is 1. The van der Waals surface area contributed by atoms with Gasteiger partial charge < -0.3 is 34.5 Å². The normalized spacial score (nSPS) is 30.3. The Bertz CT molecular complexity index is 2070. The number of aromatic nitrogens is 1. The maximum atomic E-state index is 14.9. The lowest BCUT2D eigenvalue weighted by Crippen LogP contribution is -2.59. The Kier molecular flexibility index (Phi) is 11.2. The van der Waals surface area contributed by atoms with Crippen LogP contribution in [0, 0.1) is 17.8 Å². The van der Waals surface area contributed by atoms with Crippen molar-refractivity contribution in [3.05, 3.63) is 36.4 Å². The number of fused-ring (bicyclic) bond motifs is 4. The number of nitrogens with one attached hydrogen (secondary N) is 3. The minimum Gasteiger partial charge on any atom is -0.496 e. The summed E-state index contributed by atoms with van der Waals surface area (Å²) in [7, 11) is -2.28. The Labute approximate surface area is 339 Å². The van der Waals surface area contributed by atoms with Crippen LogP contribution < -0.4 is 29.6 Å². The number of alkyl carbamates (subject to hydrolysis) is 1. The number of hydrogen-bond acceptors (Lipinski definition) is 11. The highest BCUT2D eigenvalue weighted by atomic mass is 32.2. The first-order valence-electron chi connectivity index (χ1n) is 21.0. The van der Waals surface area contributed by atoms with Crippen molar-refractivity contribution in [3.63, 3.8) is 0 Å². The van der Waals surface area contributed by atoms with Crippen LogP contribution in [0.3, 0.4) is 0 Å². The zero-order valence-electron chi connectivity index (χ0n) is 33.3. The van der Waals surface area contributed by atoms with Gasteiger partial charge in [0.15, 0.2) is 0 Å². The summed E-state index contributed by atoms with van der Waals surface area (Å²) in [5, 5.41) is 5.90. The van der Waals surface area contributed by atoms with Gasteiger partial charge in [-0.15, -0.1) is 6.58 Å².